The van der Waals surface area contributed by atoms with E-state index < -0.39 is 0 Å². The van der Waals surface area contributed by atoms with Crippen molar-refractivity contribution in [2.75, 3.05) is 20.2 Å². The second-order valence-corrected chi connectivity index (χ2v) is 5.15. The molecule has 0 fully saturated rings. The van der Waals surface area contributed by atoms with E-state index in [-0.39, 0.29) is 5.97 Å². The smallest absolute Gasteiger partial charge is 0.306 e. The maximum atomic E-state index is 11.2. The van der Waals surface area contributed by atoms with Crippen LogP contribution in [0, 0.1) is 0 Å². The lowest BCUT2D eigenvalue weighted by molar-refractivity contribution is -0.141. The van der Waals surface area contributed by atoms with Crippen LogP contribution in [0.5, 0.6) is 0 Å². The quantitative estimate of drug-likeness (QED) is 0.737. The van der Waals surface area contributed by atoms with Crippen LogP contribution in [0.25, 0.3) is 0 Å². The summed E-state index contributed by atoms with van der Waals surface area (Å²) in [5.41, 5.74) is 4.38. The highest BCUT2D eigenvalue weighted by molar-refractivity contribution is 5.69. The second-order valence-electron chi connectivity index (χ2n) is 5.15. The standard InChI is InChI=1S/C16H23NO2/c1-3-17(10-9-16(18)19-2)12-13-7-8-14-5-4-6-15(14)11-13/h7-8,11H,3-6,9-10,12H2,1-2H3. The third-order valence-corrected chi connectivity index (χ3v) is 3.88. The molecule has 1 aliphatic rings. The summed E-state index contributed by atoms with van der Waals surface area (Å²) in [7, 11) is 1.44. The molecule has 104 valence electrons. The van der Waals surface area contributed by atoms with Crippen molar-refractivity contribution in [2.45, 2.75) is 39.2 Å². The fourth-order valence-corrected chi connectivity index (χ4v) is 2.68. The number of esters is 1. The zero-order chi connectivity index (χ0) is 13.7. The second kappa shape index (κ2) is 6.71. The largest absolute Gasteiger partial charge is 0.469 e. The SMILES string of the molecule is CCN(CCC(=O)OC)Cc1ccc2c(c1)CCC2. The van der Waals surface area contributed by atoms with Crippen molar-refractivity contribution in [3.8, 4) is 0 Å². The highest BCUT2D eigenvalue weighted by Gasteiger charge is 2.12. The maximum Gasteiger partial charge on any atom is 0.306 e. The van der Waals surface area contributed by atoms with Gasteiger partial charge >= 0.3 is 5.97 Å². The summed E-state index contributed by atoms with van der Waals surface area (Å²) < 4.78 is 4.69. The van der Waals surface area contributed by atoms with Crippen LogP contribution in [0.4, 0.5) is 0 Å². The van der Waals surface area contributed by atoms with Crippen molar-refractivity contribution in [2.24, 2.45) is 0 Å². The molecule has 19 heavy (non-hydrogen) atoms. The predicted octanol–water partition coefficient (Wildman–Crippen LogP) is 2.56. The average molecular weight is 261 g/mol. The van der Waals surface area contributed by atoms with Gasteiger partial charge in [0.1, 0.15) is 0 Å². The Labute approximate surface area is 115 Å². The normalized spacial score (nSPS) is 13.6. The molecular formula is C16H23NO2. The summed E-state index contributed by atoms with van der Waals surface area (Å²) >= 11 is 0. The third kappa shape index (κ3) is 3.80. The van der Waals surface area contributed by atoms with Crippen molar-refractivity contribution in [3.63, 3.8) is 0 Å². The number of benzene rings is 1. The van der Waals surface area contributed by atoms with E-state index in [4.69, 9.17) is 4.74 Å². The van der Waals surface area contributed by atoms with Gasteiger partial charge in [0, 0.05) is 13.1 Å². The molecule has 0 atom stereocenters. The summed E-state index contributed by atoms with van der Waals surface area (Å²) in [5.74, 6) is -0.132. The minimum atomic E-state index is -0.132. The Balaban J connectivity index is 1.92. The van der Waals surface area contributed by atoms with E-state index >= 15 is 0 Å². The molecule has 3 nitrogen and oxygen atoms in total. The van der Waals surface area contributed by atoms with Gasteiger partial charge in [0.05, 0.1) is 13.5 Å². The molecule has 0 saturated heterocycles. The van der Waals surface area contributed by atoms with Gasteiger partial charge in [0.25, 0.3) is 0 Å². The van der Waals surface area contributed by atoms with Gasteiger partial charge in [-0.1, -0.05) is 25.1 Å². The zero-order valence-corrected chi connectivity index (χ0v) is 11.9. The van der Waals surface area contributed by atoms with E-state index in [2.05, 4.69) is 30.0 Å². The summed E-state index contributed by atoms with van der Waals surface area (Å²) in [6.07, 6.45) is 4.21. The molecule has 0 aliphatic heterocycles. The van der Waals surface area contributed by atoms with Gasteiger partial charge in [-0.15, -0.1) is 0 Å². The Kier molecular flexibility index (Phi) is 4.97. The van der Waals surface area contributed by atoms with Crippen LogP contribution in [-0.2, 0) is 28.9 Å². The number of carbonyl (C=O) groups is 1. The van der Waals surface area contributed by atoms with E-state index in [1.807, 2.05) is 0 Å². The van der Waals surface area contributed by atoms with Crippen LogP contribution in [-0.4, -0.2) is 31.1 Å². The topological polar surface area (TPSA) is 29.5 Å². The number of ether oxygens (including phenoxy) is 1. The zero-order valence-electron chi connectivity index (χ0n) is 11.9. The van der Waals surface area contributed by atoms with E-state index in [0.29, 0.717) is 6.42 Å². The van der Waals surface area contributed by atoms with Crippen LogP contribution in [0.1, 0.15) is 36.5 Å². The number of carbonyl (C=O) groups excluding carboxylic acids is 1. The highest BCUT2D eigenvalue weighted by atomic mass is 16.5. The van der Waals surface area contributed by atoms with Gasteiger partial charge < -0.3 is 4.74 Å². The number of rotatable bonds is 6. The van der Waals surface area contributed by atoms with Gasteiger partial charge in [-0.2, -0.15) is 0 Å². The molecule has 0 amide bonds. The molecule has 0 radical (unpaired) electrons. The molecular weight excluding hydrogens is 238 g/mol. The first-order valence-corrected chi connectivity index (χ1v) is 7.12. The van der Waals surface area contributed by atoms with E-state index in [0.717, 1.165) is 19.6 Å². The molecule has 3 heteroatoms. The first-order chi connectivity index (χ1) is 9.22. The van der Waals surface area contributed by atoms with Gasteiger partial charge in [-0.25, -0.2) is 0 Å². The van der Waals surface area contributed by atoms with Crippen molar-refractivity contribution in [1.29, 1.82) is 0 Å². The molecule has 0 heterocycles. The van der Waals surface area contributed by atoms with Crippen LogP contribution in [0.2, 0.25) is 0 Å². The molecule has 1 aliphatic carbocycles. The molecule has 0 unspecified atom stereocenters. The summed E-state index contributed by atoms with van der Waals surface area (Å²) in [5, 5.41) is 0. The summed E-state index contributed by atoms with van der Waals surface area (Å²) in [4.78, 5) is 13.5. The Morgan fingerprint density at radius 3 is 2.84 bits per heavy atom. The van der Waals surface area contributed by atoms with Gasteiger partial charge in [0.2, 0.25) is 0 Å². The molecule has 0 N–H and O–H groups in total. The van der Waals surface area contributed by atoms with Crippen molar-refractivity contribution < 1.29 is 9.53 Å². The van der Waals surface area contributed by atoms with Crippen LogP contribution >= 0.6 is 0 Å². The lowest BCUT2D eigenvalue weighted by atomic mass is 10.1. The number of hydrogen-bond acceptors (Lipinski definition) is 3. The fraction of sp³-hybridized carbons (Fsp3) is 0.562. The number of fused-ring (bicyclic) bond motifs is 1. The highest BCUT2D eigenvalue weighted by Crippen LogP contribution is 2.23. The van der Waals surface area contributed by atoms with E-state index in [9.17, 15) is 4.79 Å². The molecule has 0 bridgehead atoms. The van der Waals surface area contributed by atoms with Gasteiger partial charge in [-0.3, -0.25) is 9.69 Å². The molecule has 0 spiro atoms. The number of nitrogens with zero attached hydrogens (tertiary/aromatic N) is 1. The number of aryl methyl sites for hydroxylation is 2. The number of hydrogen-bond donors (Lipinski definition) is 0. The molecule has 0 saturated carbocycles. The van der Waals surface area contributed by atoms with Crippen molar-refractivity contribution in [3.05, 3.63) is 34.9 Å². The molecule has 0 aromatic heterocycles. The number of methoxy groups -OCH3 is 1. The molecule has 2 rings (SSSR count). The van der Waals surface area contributed by atoms with Crippen molar-refractivity contribution in [1.82, 2.24) is 4.90 Å². The van der Waals surface area contributed by atoms with Crippen LogP contribution in [0.15, 0.2) is 18.2 Å². The third-order valence-electron chi connectivity index (χ3n) is 3.88. The monoisotopic (exact) mass is 261 g/mol. The Hall–Kier alpha value is -1.35. The van der Waals surface area contributed by atoms with Gasteiger partial charge in [0.15, 0.2) is 0 Å². The fourth-order valence-electron chi connectivity index (χ4n) is 2.68. The minimum Gasteiger partial charge on any atom is -0.469 e. The summed E-state index contributed by atoms with van der Waals surface area (Å²) in [6, 6.07) is 6.83. The lowest BCUT2D eigenvalue weighted by Crippen LogP contribution is -2.26. The first kappa shape index (κ1) is 14.1. The van der Waals surface area contributed by atoms with Crippen LogP contribution < -0.4 is 0 Å². The van der Waals surface area contributed by atoms with E-state index in [1.165, 1.54) is 43.1 Å². The average Bonchev–Trinajstić information content (AvgIpc) is 2.90. The minimum absolute atomic E-state index is 0.132. The Morgan fingerprint density at radius 1 is 1.32 bits per heavy atom. The Bertz CT molecular complexity index is 442. The van der Waals surface area contributed by atoms with Gasteiger partial charge in [-0.05, 0) is 42.5 Å². The molecule has 1 aromatic carbocycles. The molecule has 1 aromatic rings. The van der Waals surface area contributed by atoms with Crippen molar-refractivity contribution >= 4 is 5.97 Å². The summed E-state index contributed by atoms with van der Waals surface area (Å²) in [6.45, 7) is 4.76. The maximum absolute atomic E-state index is 11.2. The lowest BCUT2D eigenvalue weighted by Gasteiger charge is -2.20. The predicted molar refractivity (Wildman–Crippen MR) is 76.1 cm³/mol. The first-order valence-electron chi connectivity index (χ1n) is 7.12. The Morgan fingerprint density at radius 2 is 2.11 bits per heavy atom. The van der Waals surface area contributed by atoms with E-state index in [1.54, 1.807) is 0 Å². The van der Waals surface area contributed by atoms with Crippen LogP contribution in [0.3, 0.4) is 0 Å².